The van der Waals surface area contributed by atoms with Crippen molar-refractivity contribution in [3.63, 3.8) is 0 Å². The summed E-state index contributed by atoms with van der Waals surface area (Å²) in [7, 11) is 0. The van der Waals surface area contributed by atoms with Crippen LogP contribution < -0.4 is 0 Å². The largest absolute Gasteiger partial charge is 0.501 e. The number of aromatic nitrogens is 2. The van der Waals surface area contributed by atoms with E-state index in [0.29, 0.717) is 40.8 Å². The molecule has 3 aromatic heterocycles. The summed E-state index contributed by atoms with van der Waals surface area (Å²) in [5, 5.41) is 1.79. The number of rotatable bonds is 5. The first-order chi connectivity index (χ1) is 30.2. The van der Waals surface area contributed by atoms with Crippen LogP contribution in [-0.4, -0.2) is 9.97 Å². The van der Waals surface area contributed by atoms with Crippen molar-refractivity contribution in [2.45, 2.75) is 85.3 Å². The van der Waals surface area contributed by atoms with Gasteiger partial charge in [0.2, 0.25) is 0 Å². The third-order valence-corrected chi connectivity index (χ3v) is 11.2. The first-order valence-electron chi connectivity index (χ1n) is 23.2. The molecule has 0 bridgehead atoms. The molecule has 1 aliphatic carbocycles. The number of aryl methyl sites for hydroxylation is 2. The molecule has 1 aliphatic rings. The molecule has 0 atom stereocenters. The van der Waals surface area contributed by atoms with Crippen LogP contribution in [0.3, 0.4) is 0 Å². The molecular weight excluding hydrogens is 885 g/mol. The maximum atomic E-state index is 9.29. The van der Waals surface area contributed by atoms with Gasteiger partial charge >= 0.3 is 0 Å². The van der Waals surface area contributed by atoms with E-state index in [9.17, 15) is 1.37 Å². The van der Waals surface area contributed by atoms with E-state index in [4.69, 9.17) is 12.6 Å². The van der Waals surface area contributed by atoms with Gasteiger partial charge in [-0.3, -0.25) is 0 Å². The fourth-order valence-electron chi connectivity index (χ4n) is 7.62. The Morgan fingerprint density at radius 2 is 1.48 bits per heavy atom. The van der Waals surface area contributed by atoms with Gasteiger partial charge in [-0.05, 0) is 118 Å². The van der Waals surface area contributed by atoms with Gasteiger partial charge in [0.1, 0.15) is 5.58 Å². The maximum Gasteiger partial charge on any atom is 0.121 e. The first kappa shape index (κ1) is 32.8. The smallest absolute Gasteiger partial charge is 0.121 e. The summed E-state index contributed by atoms with van der Waals surface area (Å²) in [4.78, 5) is 9.06. The van der Waals surface area contributed by atoms with Crippen LogP contribution in [0.5, 0.6) is 0 Å². The molecule has 8 aromatic rings. The molecule has 1 saturated carbocycles. The molecule has 3 heterocycles. The van der Waals surface area contributed by atoms with Crippen LogP contribution in [0, 0.1) is 31.3 Å². The molecule has 1 fully saturated rings. The van der Waals surface area contributed by atoms with E-state index >= 15 is 0 Å². The number of pyridine rings is 2. The fourth-order valence-corrected chi connectivity index (χ4v) is 7.62. The van der Waals surface area contributed by atoms with Gasteiger partial charge in [-0.2, -0.15) is 0 Å². The van der Waals surface area contributed by atoms with E-state index in [2.05, 4.69) is 74.9 Å². The van der Waals surface area contributed by atoms with E-state index in [1.165, 1.54) is 11.8 Å². The predicted octanol–water partition coefficient (Wildman–Crippen LogP) is 14.9. The Morgan fingerprint density at radius 1 is 0.707 bits per heavy atom. The summed E-state index contributed by atoms with van der Waals surface area (Å²) in [6, 6.07) is 45.1. The number of furan rings is 1. The molecule has 0 amide bonds. The molecule has 0 saturated heterocycles. The Hall–Kier alpha value is -5.15. The molecule has 58 heavy (non-hydrogen) atoms. The number of hydrogen-bond acceptors (Lipinski definition) is 3. The molecule has 5 aromatic carbocycles. The van der Waals surface area contributed by atoms with E-state index in [1.54, 1.807) is 30.3 Å². The van der Waals surface area contributed by atoms with E-state index in [-0.39, 0.29) is 53.2 Å². The van der Waals surface area contributed by atoms with Crippen LogP contribution >= 0.6 is 0 Å². The Bertz CT molecular complexity index is 2920. The van der Waals surface area contributed by atoms with Crippen molar-refractivity contribution in [3.05, 3.63) is 168 Å². The van der Waals surface area contributed by atoms with Gasteiger partial charge in [-0.15, -0.1) is 54.1 Å². The summed E-state index contributed by atoms with van der Waals surface area (Å²) < 4.78 is 66.2. The van der Waals surface area contributed by atoms with Gasteiger partial charge in [-0.1, -0.05) is 124 Å². The third-order valence-electron chi connectivity index (χ3n) is 11.2. The molecule has 0 spiro atoms. The van der Waals surface area contributed by atoms with Gasteiger partial charge in [-0.25, -0.2) is 0 Å². The second-order valence-electron chi connectivity index (χ2n) is 16.9. The monoisotopic (exact) mass is 944 g/mol. The Morgan fingerprint density at radius 3 is 2.19 bits per heavy atom. The van der Waals surface area contributed by atoms with E-state index in [1.807, 2.05) is 79.0 Å². The summed E-state index contributed by atoms with van der Waals surface area (Å²) in [5.74, 6) is -0.906. The van der Waals surface area contributed by atoms with Crippen molar-refractivity contribution in [1.29, 1.82) is 0 Å². The zero-order chi connectivity index (χ0) is 45.7. The zero-order valence-corrected chi connectivity index (χ0v) is 36.1. The minimum atomic E-state index is -2.56. The van der Waals surface area contributed by atoms with Crippen LogP contribution in [-0.2, 0) is 25.5 Å². The SMILES string of the molecule is CC(C)(C)c1ccc(-c2[c-]cccc2)nc1.[2H]C([2H])([2H])c1cnc(-c2[c-]ccc3c2oc2cc(-c4ccccc4)ccc23)cc1-c1ccc(C2([2H])CCC(C)(C)CC2)cc1C([2H])([2H])[2H].[Ir]. The summed E-state index contributed by atoms with van der Waals surface area (Å²) in [6.45, 7) is 5.87. The fraction of sp³-hybridized carbons (Fsp3) is 0.259. The van der Waals surface area contributed by atoms with Crippen molar-refractivity contribution < 1.29 is 34.1 Å². The average Bonchev–Trinajstić information content (AvgIpc) is 3.65. The molecule has 0 aliphatic heterocycles. The van der Waals surface area contributed by atoms with E-state index < -0.39 is 19.6 Å². The number of hydrogen-bond donors (Lipinski definition) is 0. The Labute approximate surface area is 368 Å². The standard InChI is InChI=1S/C39H36NO.C15H16N.Ir/c1-25-21-29(28-17-19-39(3,4)20-18-28)13-15-31(25)35-23-36(40-24-26(35)2)34-12-8-11-33-32-16-14-30(22-37(32)41-38(33)34)27-9-6-5-7-10-27;1-15(2,3)13-9-10-14(16-11-13)12-7-5-4-6-8-12;/h5-11,13-16,21-24,28H,17-20H2,1-4H3;4-7,9-11H,1-3H3;/q2*-1;/i1D3,2D3,28D;;. The van der Waals surface area contributed by atoms with Gasteiger partial charge < -0.3 is 14.4 Å². The topological polar surface area (TPSA) is 38.9 Å². The molecular formula is C54H52IrN2O-2. The minimum Gasteiger partial charge on any atom is -0.501 e. The van der Waals surface area contributed by atoms with Gasteiger partial charge in [0, 0.05) is 47.5 Å². The Balaban J connectivity index is 0.000000313. The maximum absolute atomic E-state index is 9.29. The van der Waals surface area contributed by atoms with Crippen molar-refractivity contribution in [1.82, 2.24) is 9.97 Å². The number of benzene rings is 5. The molecule has 0 unspecified atom stereocenters. The van der Waals surface area contributed by atoms with Crippen LogP contribution in [0.4, 0.5) is 0 Å². The first-order valence-corrected chi connectivity index (χ1v) is 19.7. The van der Waals surface area contributed by atoms with Crippen LogP contribution in [0.1, 0.15) is 98.0 Å². The molecule has 1 radical (unpaired) electrons. The summed E-state index contributed by atoms with van der Waals surface area (Å²) in [6.07, 6.45) is 6.27. The minimum absolute atomic E-state index is 0. The molecule has 3 nitrogen and oxygen atoms in total. The summed E-state index contributed by atoms with van der Waals surface area (Å²) in [5.41, 5.74) is 9.05. The van der Waals surface area contributed by atoms with Crippen molar-refractivity contribution >= 4 is 21.9 Å². The molecule has 9 rings (SSSR count). The predicted molar refractivity (Wildman–Crippen MR) is 238 cm³/mol. The molecule has 295 valence electrons. The van der Waals surface area contributed by atoms with Gasteiger partial charge in [0.15, 0.2) is 0 Å². The van der Waals surface area contributed by atoms with Crippen molar-refractivity contribution in [2.24, 2.45) is 5.41 Å². The van der Waals surface area contributed by atoms with Crippen LogP contribution in [0.2, 0.25) is 0 Å². The Kier molecular flexibility index (Phi) is 9.59. The average molecular weight is 944 g/mol. The quantitative estimate of drug-likeness (QED) is 0.161. The third kappa shape index (κ3) is 8.80. The number of fused-ring (bicyclic) bond motifs is 3. The molecule has 4 heteroatoms. The van der Waals surface area contributed by atoms with Crippen LogP contribution in [0.15, 0.2) is 138 Å². The molecule has 0 N–H and O–H groups in total. The number of nitrogens with zero attached hydrogens (tertiary/aromatic N) is 2. The second kappa shape index (κ2) is 17.0. The van der Waals surface area contributed by atoms with Crippen LogP contribution in [0.25, 0.3) is 66.7 Å². The van der Waals surface area contributed by atoms with Crippen molar-refractivity contribution in [3.8, 4) is 44.8 Å². The van der Waals surface area contributed by atoms with E-state index in [0.717, 1.165) is 46.0 Å². The second-order valence-corrected chi connectivity index (χ2v) is 16.9. The normalized spacial score (nSPS) is 16.9. The van der Waals surface area contributed by atoms with Crippen molar-refractivity contribution in [2.75, 3.05) is 0 Å². The van der Waals surface area contributed by atoms with Gasteiger partial charge in [0.25, 0.3) is 0 Å². The summed E-state index contributed by atoms with van der Waals surface area (Å²) >= 11 is 0. The van der Waals surface area contributed by atoms with Gasteiger partial charge in [0.05, 0.1) is 5.58 Å². The zero-order valence-electron chi connectivity index (χ0n) is 40.7.